The number of aromatic nitrogens is 4. The molecule has 0 bridgehead atoms. The van der Waals surface area contributed by atoms with Crippen molar-refractivity contribution < 1.29 is 33.1 Å². The summed E-state index contributed by atoms with van der Waals surface area (Å²) in [6.07, 6.45) is -0.576. The third-order valence-corrected chi connectivity index (χ3v) is 6.77. The number of pyridine rings is 1. The van der Waals surface area contributed by atoms with Gasteiger partial charge in [-0.2, -0.15) is 13.2 Å². The summed E-state index contributed by atoms with van der Waals surface area (Å²) in [5, 5.41) is 26.9. The van der Waals surface area contributed by atoms with E-state index in [1.807, 2.05) is 4.90 Å². The zero-order valence-corrected chi connectivity index (χ0v) is 20.5. The van der Waals surface area contributed by atoms with E-state index in [0.717, 1.165) is 11.3 Å². The summed E-state index contributed by atoms with van der Waals surface area (Å²) in [6.45, 7) is 2.81. The standard InChI is InChI=1S/C22H21F3N8O4S/c1-11(30-19(35)14-7-18(29-10-28-14)33-4-2-12(32-37)3-5-33)21-27-9-16(38-21)20(36)31-17-6-13(22(23,24)25)15(34)8-26-17/h6-11,34,37H,2-5H2,1H3,(H,30,35)(H,26,31,36)/t11-/m1/s1. The average molecular weight is 551 g/mol. The summed E-state index contributed by atoms with van der Waals surface area (Å²) >= 11 is 0.937. The number of anilines is 2. The van der Waals surface area contributed by atoms with Crippen molar-refractivity contribution in [3.63, 3.8) is 0 Å². The van der Waals surface area contributed by atoms with E-state index >= 15 is 0 Å². The molecule has 1 atom stereocenters. The summed E-state index contributed by atoms with van der Waals surface area (Å²) in [6, 6.07) is 1.45. The Balaban J connectivity index is 1.39. The minimum absolute atomic E-state index is 0.0738. The highest BCUT2D eigenvalue weighted by molar-refractivity contribution is 7.13. The summed E-state index contributed by atoms with van der Waals surface area (Å²) in [5.41, 5.74) is -0.512. The Kier molecular flexibility index (Phi) is 7.70. The number of thiazole rings is 1. The van der Waals surface area contributed by atoms with E-state index in [-0.39, 0.29) is 10.6 Å². The van der Waals surface area contributed by atoms with Gasteiger partial charge in [0.05, 0.1) is 24.1 Å². The van der Waals surface area contributed by atoms with Crippen molar-refractivity contribution in [2.24, 2.45) is 5.16 Å². The van der Waals surface area contributed by atoms with Crippen molar-refractivity contribution >= 4 is 40.5 Å². The molecule has 0 radical (unpaired) electrons. The van der Waals surface area contributed by atoms with Gasteiger partial charge in [-0.25, -0.2) is 19.9 Å². The number of nitrogens with one attached hydrogen (secondary N) is 2. The normalized spacial score (nSPS) is 14.6. The van der Waals surface area contributed by atoms with Gasteiger partial charge >= 0.3 is 6.18 Å². The van der Waals surface area contributed by atoms with Crippen LogP contribution in [0.2, 0.25) is 0 Å². The Hall–Kier alpha value is -4.34. The van der Waals surface area contributed by atoms with Crippen molar-refractivity contribution in [3.8, 4) is 5.75 Å². The molecule has 4 heterocycles. The van der Waals surface area contributed by atoms with Gasteiger partial charge in [0.2, 0.25) is 0 Å². The van der Waals surface area contributed by atoms with Gasteiger partial charge in [-0.05, 0) is 13.0 Å². The largest absolute Gasteiger partial charge is 0.506 e. The van der Waals surface area contributed by atoms with Crippen LogP contribution in [-0.2, 0) is 6.18 Å². The Bertz CT molecular complexity index is 1370. The molecule has 200 valence electrons. The molecule has 12 nitrogen and oxygen atoms in total. The zero-order valence-electron chi connectivity index (χ0n) is 19.7. The van der Waals surface area contributed by atoms with Gasteiger partial charge in [-0.1, -0.05) is 5.16 Å². The van der Waals surface area contributed by atoms with E-state index in [1.165, 1.54) is 12.5 Å². The third kappa shape index (κ3) is 6.13. The number of halogens is 3. The number of nitrogens with zero attached hydrogens (tertiary/aromatic N) is 6. The molecular weight excluding hydrogens is 529 g/mol. The number of aromatic hydroxyl groups is 1. The fraction of sp³-hybridized carbons (Fsp3) is 0.318. The van der Waals surface area contributed by atoms with Crippen molar-refractivity contribution in [3.05, 3.63) is 52.0 Å². The van der Waals surface area contributed by atoms with Crippen LogP contribution in [-0.4, -0.2) is 60.9 Å². The maximum absolute atomic E-state index is 13.0. The molecule has 0 saturated carbocycles. The number of piperidine rings is 1. The van der Waals surface area contributed by atoms with Gasteiger partial charge in [0, 0.05) is 32.0 Å². The van der Waals surface area contributed by atoms with E-state index in [1.54, 1.807) is 13.0 Å². The number of alkyl halides is 3. The van der Waals surface area contributed by atoms with Gasteiger partial charge in [0.15, 0.2) is 0 Å². The minimum Gasteiger partial charge on any atom is -0.506 e. The van der Waals surface area contributed by atoms with E-state index in [2.05, 4.69) is 35.7 Å². The number of hydrogen-bond acceptors (Lipinski definition) is 11. The van der Waals surface area contributed by atoms with Crippen LogP contribution in [0.4, 0.5) is 24.8 Å². The Labute approximate surface area is 217 Å². The molecule has 4 N–H and O–H groups in total. The zero-order chi connectivity index (χ0) is 27.4. The molecule has 38 heavy (non-hydrogen) atoms. The summed E-state index contributed by atoms with van der Waals surface area (Å²) < 4.78 is 39.0. The summed E-state index contributed by atoms with van der Waals surface area (Å²) in [5.74, 6) is -2.15. The Morgan fingerprint density at radius 2 is 1.84 bits per heavy atom. The van der Waals surface area contributed by atoms with Gasteiger partial charge in [0.1, 0.15) is 44.9 Å². The van der Waals surface area contributed by atoms with Crippen LogP contribution < -0.4 is 15.5 Å². The summed E-state index contributed by atoms with van der Waals surface area (Å²) in [7, 11) is 0. The Morgan fingerprint density at radius 3 is 2.53 bits per heavy atom. The second kappa shape index (κ2) is 11.0. The predicted molar refractivity (Wildman–Crippen MR) is 130 cm³/mol. The van der Waals surface area contributed by atoms with E-state index in [0.29, 0.717) is 54.7 Å². The van der Waals surface area contributed by atoms with Gasteiger partial charge in [0.25, 0.3) is 11.8 Å². The van der Waals surface area contributed by atoms with Crippen molar-refractivity contribution in [2.75, 3.05) is 23.3 Å². The van der Waals surface area contributed by atoms with Gasteiger partial charge in [-0.3, -0.25) is 9.59 Å². The predicted octanol–water partition coefficient (Wildman–Crippen LogP) is 3.23. The number of rotatable bonds is 6. The molecular formula is C22H21F3N8O4S. The molecule has 1 saturated heterocycles. The molecule has 0 spiro atoms. The SMILES string of the molecule is C[C@@H](NC(=O)c1cc(N2CCC(=NO)CC2)ncn1)c1ncc(C(=O)Nc2cc(C(F)(F)F)c(O)cn2)s1. The molecule has 3 aromatic heterocycles. The van der Waals surface area contributed by atoms with Gasteiger partial charge < -0.3 is 25.8 Å². The highest BCUT2D eigenvalue weighted by atomic mass is 32.1. The highest BCUT2D eigenvalue weighted by Gasteiger charge is 2.34. The van der Waals surface area contributed by atoms with Crippen LogP contribution >= 0.6 is 11.3 Å². The first-order chi connectivity index (χ1) is 18.0. The smallest absolute Gasteiger partial charge is 0.420 e. The number of carbonyl (C=O) groups excluding carboxylic acids is 2. The molecule has 0 aliphatic carbocycles. The molecule has 2 amide bonds. The average Bonchev–Trinajstić information content (AvgIpc) is 3.40. The van der Waals surface area contributed by atoms with E-state index < -0.39 is 41.2 Å². The maximum Gasteiger partial charge on any atom is 0.420 e. The third-order valence-electron chi connectivity index (χ3n) is 5.59. The topological polar surface area (TPSA) is 166 Å². The number of oxime groups is 1. The summed E-state index contributed by atoms with van der Waals surface area (Å²) in [4.78, 5) is 43.3. The van der Waals surface area contributed by atoms with Crippen LogP contribution in [0.3, 0.4) is 0 Å². The van der Waals surface area contributed by atoms with E-state index in [4.69, 9.17) is 5.21 Å². The molecule has 16 heteroatoms. The van der Waals surface area contributed by atoms with Gasteiger partial charge in [-0.15, -0.1) is 11.3 Å². The Morgan fingerprint density at radius 1 is 1.11 bits per heavy atom. The number of carbonyl (C=O) groups is 2. The lowest BCUT2D eigenvalue weighted by Crippen LogP contribution is -2.35. The molecule has 1 aliphatic rings. The van der Waals surface area contributed by atoms with Crippen molar-refractivity contribution in [2.45, 2.75) is 32.0 Å². The van der Waals surface area contributed by atoms with E-state index in [9.17, 15) is 27.9 Å². The van der Waals surface area contributed by atoms with Crippen LogP contribution in [0.1, 0.15) is 56.5 Å². The first-order valence-electron chi connectivity index (χ1n) is 11.2. The molecule has 1 aliphatic heterocycles. The first-order valence-corrected chi connectivity index (χ1v) is 12.0. The van der Waals surface area contributed by atoms with Crippen LogP contribution in [0, 0.1) is 0 Å². The maximum atomic E-state index is 13.0. The molecule has 1 fully saturated rings. The number of hydrogen-bond donors (Lipinski definition) is 4. The second-order valence-electron chi connectivity index (χ2n) is 8.21. The van der Waals surface area contributed by atoms with Crippen molar-refractivity contribution in [1.29, 1.82) is 0 Å². The lowest BCUT2D eigenvalue weighted by Gasteiger charge is -2.28. The molecule has 0 aromatic carbocycles. The fourth-order valence-corrected chi connectivity index (χ4v) is 4.40. The highest BCUT2D eigenvalue weighted by Crippen LogP contribution is 2.36. The van der Waals surface area contributed by atoms with Crippen molar-refractivity contribution in [1.82, 2.24) is 25.3 Å². The molecule has 0 unspecified atom stereocenters. The lowest BCUT2D eigenvalue weighted by atomic mass is 10.1. The second-order valence-corrected chi connectivity index (χ2v) is 9.27. The molecule has 3 aromatic rings. The first kappa shape index (κ1) is 26.7. The lowest BCUT2D eigenvalue weighted by molar-refractivity contribution is -0.138. The molecule has 4 rings (SSSR count). The monoisotopic (exact) mass is 550 g/mol. The minimum atomic E-state index is -4.83. The fourth-order valence-electron chi connectivity index (χ4n) is 3.58. The van der Waals surface area contributed by atoms with Crippen LogP contribution in [0.15, 0.2) is 36.0 Å². The quantitative estimate of drug-likeness (QED) is 0.266. The van der Waals surface area contributed by atoms with Crippen LogP contribution in [0.25, 0.3) is 0 Å². The number of amides is 2. The van der Waals surface area contributed by atoms with Crippen LogP contribution in [0.5, 0.6) is 5.75 Å².